The van der Waals surface area contributed by atoms with E-state index in [1.165, 1.54) is 18.1 Å². The van der Waals surface area contributed by atoms with Crippen LogP contribution in [0.2, 0.25) is 0 Å². The lowest BCUT2D eigenvalue weighted by Crippen LogP contribution is -2.12. The van der Waals surface area contributed by atoms with Crippen molar-refractivity contribution in [2.24, 2.45) is 5.84 Å². The van der Waals surface area contributed by atoms with E-state index < -0.39 is 0 Å². The molecule has 2 aromatic rings. The highest BCUT2D eigenvalue weighted by molar-refractivity contribution is 7.99. The largest absolute Gasteiger partial charge is 0.308 e. The van der Waals surface area contributed by atoms with Crippen LogP contribution in [0.3, 0.4) is 0 Å². The molecule has 0 radical (unpaired) electrons. The molecular formula is C11H14N6S. The lowest BCUT2D eigenvalue weighted by atomic mass is 10.2. The highest BCUT2D eigenvalue weighted by atomic mass is 32.2. The monoisotopic (exact) mass is 262 g/mol. The van der Waals surface area contributed by atoms with Crippen molar-refractivity contribution in [2.75, 3.05) is 5.43 Å². The second-order valence-electron chi connectivity index (χ2n) is 3.65. The maximum absolute atomic E-state index is 5.43. The van der Waals surface area contributed by atoms with E-state index in [0.717, 1.165) is 22.6 Å². The number of anilines is 1. The highest BCUT2D eigenvalue weighted by Crippen LogP contribution is 2.28. The van der Waals surface area contributed by atoms with Crippen LogP contribution in [0.1, 0.15) is 18.1 Å². The van der Waals surface area contributed by atoms with Crippen LogP contribution in [0.25, 0.3) is 0 Å². The standard InChI is InChI=1S/C11H14N6S/c1-3-8-9(17-12)15-6-16-10(8)18-11-13-4-7(2)5-14-11/h4-6H,3,12H2,1-2H3,(H,15,16,17). The van der Waals surface area contributed by atoms with Crippen LogP contribution >= 0.6 is 11.8 Å². The first-order chi connectivity index (χ1) is 8.74. The number of aryl methyl sites for hydroxylation is 1. The highest BCUT2D eigenvalue weighted by Gasteiger charge is 2.11. The number of nitrogens with one attached hydrogen (secondary N) is 1. The topological polar surface area (TPSA) is 89.6 Å². The van der Waals surface area contributed by atoms with Crippen LogP contribution in [-0.2, 0) is 6.42 Å². The van der Waals surface area contributed by atoms with Crippen LogP contribution in [0.15, 0.2) is 28.9 Å². The Balaban J connectivity index is 2.31. The van der Waals surface area contributed by atoms with Crippen LogP contribution in [0.4, 0.5) is 5.82 Å². The molecule has 0 aliphatic carbocycles. The van der Waals surface area contributed by atoms with Gasteiger partial charge in [-0.25, -0.2) is 25.8 Å². The predicted octanol–water partition coefficient (Wildman–Crippen LogP) is 1.57. The van der Waals surface area contributed by atoms with Crippen molar-refractivity contribution >= 4 is 17.6 Å². The van der Waals surface area contributed by atoms with Crippen molar-refractivity contribution in [3.05, 3.63) is 29.8 Å². The Hall–Kier alpha value is -1.73. The molecule has 0 aliphatic heterocycles. The maximum Gasteiger partial charge on any atom is 0.193 e. The lowest BCUT2D eigenvalue weighted by Gasteiger charge is -2.09. The van der Waals surface area contributed by atoms with Gasteiger partial charge in [-0.1, -0.05) is 6.92 Å². The maximum atomic E-state index is 5.43. The summed E-state index contributed by atoms with van der Waals surface area (Å²) in [4.78, 5) is 16.8. The molecular weight excluding hydrogens is 248 g/mol. The van der Waals surface area contributed by atoms with E-state index in [9.17, 15) is 0 Å². The Kier molecular flexibility index (Phi) is 4.06. The fourth-order valence-corrected chi connectivity index (χ4v) is 2.29. The van der Waals surface area contributed by atoms with Gasteiger partial charge in [0.1, 0.15) is 17.2 Å². The molecule has 2 aromatic heterocycles. The van der Waals surface area contributed by atoms with E-state index in [0.29, 0.717) is 11.0 Å². The van der Waals surface area contributed by atoms with Gasteiger partial charge >= 0.3 is 0 Å². The molecule has 0 unspecified atom stereocenters. The number of nitrogen functional groups attached to an aromatic ring is 1. The number of nitrogens with two attached hydrogens (primary N) is 1. The minimum Gasteiger partial charge on any atom is -0.308 e. The van der Waals surface area contributed by atoms with Crippen molar-refractivity contribution in [1.82, 2.24) is 19.9 Å². The zero-order valence-corrected chi connectivity index (χ0v) is 11.0. The number of hydrogen-bond acceptors (Lipinski definition) is 7. The van der Waals surface area contributed by atoms with Gasteiger partial charge in [0.2, 0.25) is 0 Å². The molecule has 0 saturated heterocycles. The molecule has 2 heterocycles. The van der Waals surface area contributed by atoms with Gasteiger partial charge in [-0.3, -0.25) is 0 Å². The summed E-state index contributed by atoms with van der Waals surface area (Å²) in [5.41, 5.74) is 4.57. The minimum atomic E-state index is 0.641. The SMILES string of the molecule is CCc1c(NN)ncnc1Sc1ncc(C)cn1. The Labute approximate surface area is 109 Å². The van der Waals surface area contributed by atoms with Gasteiger partial charge in [0, 0.05) is 18.0 Å². The van der Waals surface area contributed by atoms with Gasteiger partial charge in [-0.05, 0) is 30.7 Å². The van der Waals surface area contributed by atoms with Crippen molar-refractivity contribution in [3.63, 3.8) is 0 Å². The molecule has 0 amide bonds. The van der Waals surface area contributed by atoms with Crippen molar-refractivity contribution < 1.29 is 0 Å². The second kappa shape index (κ2) is 5.74. The van der Waals surface area contributed by atoms with Gasteiger partial charge in [0.05, 0.1) is 0 Å². The van der Waals surface area contributed by atoms with E-state index in [-0.39, 0.29) is 0 Å². The van der Waals surface area contributed by atoms with Gasteiger partial charge in [0.25, 0.3) is 0 Å². The van der Waals surface area contributed by atoms with Crippen molar-refractivity contribution in [2.45, 2.75) is 30.5 Å². The zero-order chi connectivity index (χ0) is 13.0. The smallest absolute Gasteiger partial charge is 0.193 e. The third kappa shape index (κ3) is 2.74. The van der Waals surface area contributed by atoms with Gasteiger partial charge in [0.15, 0.2) is 5.16 Å². The van der Waals surface area contributed by atoms with Crippen LogP contribution in [-0.4, -0.2) is 19.9 Å². The summed E-state index contributed by atoms with van der Waals surface area (Å²) < 4.78 is 0. The summed E-state index contributed by atoms with van der Waals surface area (Å²) >= 11 is 1.41. The predicted molar refractivity (Wildman–Crippen MR) is 70.1 cm³/mol. The summed E-state index contributed by atoms with van der Waals surface area (Å²) in [6.45, 7) is 3.98. The normalized spacial score (nSPS) is 10.4. The average Bonchev–Trinajstić information content (AvgIpc) is 2.41. The molecule has 7 heteroatoms. The first kappa shape index (κ1) is 12.7. The Morgan fingerprint density at radius 3 is 2.56 bits per heavy atom. The Morgan fingerprint density at radius 1 is 1.22 bits per heavy atom. The molecule has 0 saturated carbocycles. The van der Waals surface area contributed by atoms with Crippen molar-refractivity contribution in [1.29, 1.82) is 0 Å². The minimum absolute atomic E-state index is 0.641. The van der Waals surface area contributed by atoms with E-state index in [1.54, 1.807) is 12.4 Å². The molecule has 0 fully saturated rings. The second-order valence-corrected chi connectivity index (χ2v) is 4.60. The van der Waals surface area contributed by atoms with Crippen molar-refractivity contribution in [3.8, 4) is 0 Å². The first-order valence-electron chi connectivity index (χ1n) is 5.51. The van der Waals surface area contributed by atoms with E-state index >= 15 is 0 Å². The van der Waals surface area contributed by atoms with Crippen LogP contribution < -0.4 is 11.3 Å². The molecule has 0 aromatic carbocycles. The summed E-state index contributed by atoms with van der Waals surface area (Å²) in [5, 5.41) is 1.49. The fourth-order valence-electron chi connectivity index (χ4n) is 1.45. The summed E-state index contributed by atoms with van der Waals surface area (Å²) in [6.07, 6.45) is 5.83. The number of rotatable bonds is 4. The Bertz CT molecular complexity index is 528. The number of hydrazine groups is 1. The molecule has 0 bridgehead atoms. The summed E-state index contributed by atoms with van der Waals surface area (Å²) in [6, 6.07) is 0. The molecule has 0 atom stereocenters. The van der Waals surface area contributed by atoms with Gasteiger partial charge in [-0.15, -0.1) is 0 Å². The third-order valence-electron chi connectivity index (χ3n) is 2.34. The van der Waals surface area contributed by atoms with E-state index in [2.05, 4.69) is 25.4 Å². The molecule has 3 N–H and O–H groups in total. The molecule has 94 valence electrons. The van der Waals surface area contributed by atoms with Crippen LogP contribution in [0, 0.1) is 6.92 Å². The molecule has 2 rings (SSSR count). The number of nitrogens with zero attached hydrogens (tertiary/aromatic N) is 4. The number of aromatic nitrogens is 4. The molecule has 18 heavy (non-hydrogen) atoms. The summed E-state index contributed by atoms with van der Waals surface area (Å²) in [5.74, 6) is 6.07. The van der Waals surface area contributed by atoms with Gasteiger partial charge in [-0.2, -0.15) is 0 Å². The quantitative estimate of drug-likeness (QED) is 0.374. The molecule has 6 nitrogen and oxygen atoms in total. The Morgan fingerprint density at radius 2 is 1.94 bits per heavy atom. The average molecular weight is 262 g/mol. The van der Waals surface area contributed by atoms with E-state index in [1.807, 2.05) is 13.8 Å². The first-order valence-corrected chi connectivity index (χ1v) is 6.33. The summed E-state index contributed by atoms with van der Waals surface area (Å²) in [7, 11) is 0. The van der Waals surface area contributed by atoms with E-state index in [4.69, 9.17) is 5.84 Å². The lowest BCUT2D eigenvalue weighted by molar-refractivity contribution is 0.915. The van der Waals surface area contributed by atoms with Crippen LogP contribution in [0.5, 0.6) is 0 Å². The third-order valence-corrected chi connectivity index (χ3v) is 3.28. The van der Waals surface area contributed by atoms with Gasteiger partial charge < -0.3 is 5.43 Å². The zero-order valence-electron chi connectivity index (χ0n) is 10.2. The molecule has 0 spiro atoms. The fraction of sp³-hybridized carbons (Fsp3) is 0.273. The number of hydrogen-bond donors (Lipinski definition) is 2. The molecule has 0 aliphatic rings.